The fourth-order valence-electron chi connectivity index (χ4n) is 4.24. The largest absolute Gasteiger partial charge is 0.347 e. The number of anilines is 1. The van der Waals surface area contributed by atoms with Crippen molar-refractivity contribution in [3.8, 4) is 0 Å². The van der Waals surface area contributed by atoms with Gasteiger partial charge in [-0.3, -0.25) is 4.79 Å². The van der Waals surface area contributed by atoms with E-state index in [1.54, 1.807) is 6.20 Å². The van der Waals surface area contributed by atoms with Crippen molar-refractivity contribution >= 4 is 33.3 Å². The van der Waals surface area contributed by atoms with Gasteiger partial charge in [0.2, 0.25) is 0 Å². The molecule has 7 nitrogen and oxygen atoms in total. The number of hydrazine groups is 1. The van der Waals surface area contributed by atoms with Gasteiger partial charge in [0.05, 0.1) is 11.9 Å². The summed E-state index contributed by atoms with van der Waals surface area (Å²) in [6.45, 7) is 4.16. The Balaban J connectivity index is 1.22. The molecule has 8 heteroatoms. The number of hydrogen-bond acceptors (Lipinski definition) is 7. The number of thiazole rings is 1. The molecule has 0 spiro atoms. The summed E-state index contributed by atoms with van der Waals surface area (Å²) in [5.41, 5.74) is 3.42. The number of benzene rings is 1. The average Bonchev–Trinajstić information content (AvgIpc) is 3.29. The Labute approximate surface area is 167 Å². The third-order valence-electron chi connectivity index (χ3n) is 5.55. The molecule has 0 unspecified atom stereocenters. The predicted octanol–water partition coefficient (Wildman–Crippen LogP) is 2.65. The van der Waals surface area contributed by atoms with Gasteiger partial charge in [-0.1, -0.05) is 29.5 Å². The van der Waals surface area contributed by atoms with Crippen LogP contribution in [0.2, 0.25) is 0 Å². The molecule has 0 radical (unpaired) electrons. The Kier molecular flexibility index (Phi) is 4.44. The molecule has 2 aliphatic heterocycles. The van der Waals surface area contributed by atoms with Gasteiger partial charge in [-0.05, 0) is 37.8 Å². The molecule has 28 heavy (non-hydrogen) atoms. The molecule has 0 saturated carbocycles. The minimum absolute atomic E-state index is 0.110. The van der Waals surface area contributed by atoms with Gasteiger partial charge in [-0.2, -0.15) is 0 Å². The maximum Gasteiger partial charge on any atom is 0.280 e. The molecule has 5 rings (SSSR count). The van der Waals surface area contributed by atoms with Crippen molar-refractivity contribution in [3.63, 3.8) is 0 Å². The lowest BCUT2D eigenvalue weighted by Gasteiger charge is -2.41. The highest BCUT2D eigenvalue weighted by Gasteiger charge is 2.33. The van der Waals surface area contributed by atoms with Crippen LogP contribution in [0.3, 0.4) is 0 Å². The van der Waals surface area contributed by atoms with Crippen LogP contribution in [0.4, 0.5) is 5.69 Å². The highest BCUT2D eigenvalue weighted by molar-refractivity contribution is 7.19. The number of carbonyl (C=O) groups is 1. The van der Waals surface area contributed by atoms with Gasteiger partial charge in [0, 0.05) is 25.2 Å². The van der Waals surface area contributed by atoms with Crippen molar-refractivity contribution in [2.75, 3.05) is 18.1 Å². The predicted molar refractivity (Wildman–Crippen MR) is 109 cm³/mol. The first kappa shape index (κ1) is 17.5. The van der Waals surface area contributed by atoms with E-state index in [0.29, 0.717) is 16.6 Å². The fourth-order valence-corrected chi connectivity index (χ4v) is 5.02. The standard InChI is InChI=1S/C20H22N6OS/c1-13-10-14-4-2-3-5-17(14)26(13)25-8-6-15(7-9-25)23-18(27)20-24-16-11-21-12-22-19(16)28-20/h2-5,11-13,15H,6-10H2,1H3,(H,23,27)/t13-/m0/s1. The number of hydrogen-bond donors (Lipinski definition) is 1. The van der Waals surface area contributed by atoms with Crippen LogP contribution in [0.1, 0.15) is 35.1 Å². The van der Waals surface area contributed by atoms with Gasteiger partial charge < -0.3 is 10.3 Å². The van der Waals surface area contributed by atoms with E-state index in [9.17, 15) is 4.79 Å². The number of piperidine rings is 1. The molecule has 1 amide bonds. The van der Waals surface area contributed by atoms with E-state index in [1.807, 2.05) is 0 Å². The third-order valence-corrected chi connectivity index (χ3v) is 6.53. The van der Waals surface area contributed by atoms with Gasteiger partial charge in [0.25, 0.3) is 5.91 Å². The van der Waals surface area contributed by atoms with Crippen LogP contribution >= 0.6 is 11.3 Å². The Hall–Kier alpha value is -2.58. The lowest BCUT2D eigenvalue weighted by molar-refractivity contribution is 0.0904. The summed E-state index contributed by atoms with van der Waals surface area (Å²) in [6.07, 6.45) is 6.08. The molecular formula is C20H22N6OS. The number of nitrogens with zero attached hydrogens (tertiary/aromatic N) is 5. The minimum atomic E-state index is -0.110. The van der Waals surface area contributed by atoms with Crippen LogP contribution in [0.15, 0.2) is 36.8 Å². The Morgan fingerprint density at radius 3 is 2.89 bits per heavy atom. The maximum absolute atomic E-state index is 12.6. The second-order valence-electron chi connectivity index (χ2n) is 7.46. The summed E-state index contributed by atoms with van der Waals surface area (Å²) in [7, 11) is 0. The molecule has 1 saturated heterocycles. The minimum Gasteiger partial charge on any atom is -0.347 e. The molecule has 0 aliphatic carbocycles. The van der Waals surface area contributed by atoms with Gasteiger partial charge in [-0.15, -0.1) is 0 Å². The van der Waals surface area contributed by atoms with Crippen LogP contribution in [-0.2, 0) is 6.42 Å². The number of para-hydroxylation sites is 1. The fraction of sp³-hybridized carbons (Fsp3) is 0.400. The molecule has 1 atom stereocenters. The number of nitrogens with one attached hydrogen (secondary N) is 1. The SMILES string of the molecule is C[C@H]1Cc2ccccc2N1N1CCC(NC(=O)c2nc3cncnc3s2)CC1. The zero-order chi connectivity index (χ0) is 19.1. The van der Waals surface area contributed by atoms with E-state index in [-0.39, 0.29) is 11.9 Å². The second kappa shape index (κ2) is 7.10. The van der Waals surface area contributed by atoms with Crippen molar-refractivity contribution in [3.05, 3.63) is 47.4 Å². The van der Waals surface area contributed by atoms with E-state index in [0.717, 1.165) is 37.2 Å². The molecule has 1 aromatic carbocycles. The second-order valence-corrected chi connectivity index (χ2v) is 8.44. The first-order chi connectivity index (χ1) is 13.7. The molecule has 144 valence electrons. The molecular weight excluding hydrogens is 372 g/mol. The Morgan fingerprint density at radius 2 is 2.07 bits per heavy atom. The Morgan fingerprint density at radius 1 is 1.25 bits per heavy atom. The monoisotopic (exact) mass is 394 g/mol. The number of carbonyl (C=O) groups excluding carboxylic acids is 1. The number of fused-ring (bicyclic) bond motifs is 2. The zero-order valence-electron chi connectivity index (χ0n) is 15.7. The van der Waals surface area contributed by atoms with E-state index in [1.165, 1.54) is 28.9 Å². The summed E-state index contributed by atoms with van der Waals surface area (Å²) < 4.78 is 0. The maximum atomic E-state index is 12.6. The van der Waals surface area contributed by atoms with E-state index in [4.69, 9.17) is 0 Å². The van der Waals surface area contributed by atoms with Crippen molar-refractivity contribution in [1.82, 2.24) is 25.3 Å². The van der Waals surface area contributed by atoms with Gasteiger partial charge in [-0.25, -0.2) is 20.0 Å². The molecule has 0 bridgehead atoms. The van der Waals surface area contributed by atoms with Crippen LogP contribution in [0.5, 0.6) is 0 Å². The van der Waals surface area contributed by atoms with Crippen LogP contribution in [0.25, 0.3) is 10.3 Å². The smallest absolute Gasteiger partial charge is 0.280 e. The highest BCUT2D eigenvalue weighted by atomic mass is 32.1. The summed E-state index contributed by atoms with van der Waals surface area (Å²) in [6, 6.07) is 9.32. The van der Waals surface area contributed by atoms with Gasteiger partial charge in [0.15, 0.2) is 5.01 Å². The number of amides is 1. The zero-order valence-corrected chi connectivity index (χ0v) is 16.5. The lowest BCUT2D eigenvalue weighted by Crippen LogP contribution is -2.53. The highest BCUT2D eigenvalue weighted by Crippen LogP contribution is 2.34. The normalized spacial score (nSPS) is 20.5. The summed E-state index contributed by atoms with van der Waals surface area (Å²) in [5, 5.41) is 8.49. The quantitative estimate of drug-likeness (QED) is 0.736. The summed E-state index contributed by atoms with van der Waals surface area (Å²) in [4.78, 5) is 25.8. The number of rotatable bonds is 3. The van der Waals surface area contributed by atoms with E-state index < -0.39 is 0 Å². The Bertz CT molecular complexity index is 980. The third kappa shape index (κ3) is 3.12. The first-order valence-electron chi connectivity index (χ1n) is 9.68. The van der Waals surface area contributed by atoms with Crippen molar-refractivity contribution in [2.24, 2.45) is 0 Å². The van der Waals surface area contributed by atoms with Crippen LogP contribution in [0, 0.1) is 0 Å². The average molecular weight is 395 g/mol. The topological polar surface area (TPSA) is 74.2 Å². The van der Waals surface area contributed by atoms with Crippen LogP contribution in [-0.4, -0.2) is 51.0 Å². The lowest BCUT2D eigenvalue weighted by atomic mass is 10.1. The summed E-state index contributed by atoms with van der Waals surface area (Å²) in [5.74, 6) is -0.110. The molecule has 3 aromatic rings. The first-order valence-corrected chi connectivity index (χ1v) is 10.5. The molecule has 1 N–H and O–H groups in total. The van der Waals surface area contributed by atoms with Crippen molar-refractivity contribution in [1.29, 1.82) is 0 Å². The van der Waals surface area contributed by atoms with E-state index >= 15 is 0 Å². The molecule has 1 fully saturated rings. The van der Waals surface area contributed by atoms with Crippen molar-refractivity contribution in [2.45, 2.75) is 38.3 Å². The van der Waals surface area contributed by atoms with Gasteiger partial charge >= 0.3 is 0 Å². The van der Waals surface area contributed by atoms with E-state index in [2.05, 4.69) is 61.5 Å². The molecule has 4 heterocycles. The summed E-state index contributed by atoms with van der Waals surface area (Å²) >= 11 is 1.31. The van der Waals surface area contributed by atoms with Gasteiger partial charge in [0.1, 0.15) is 16.7 Å². The number of aromatic nitrogens is 3. The molecule has 2 aromatic heterocycles. The van der Waals surface area contributed by atoms with Crippen LogP contribution < -0.4 is 10.3 Å². The van der Waals surface area contributed by atoms with Crippen molar-refractivity contribution < 1.29 is 4.79 Å². The molecule has 2 aliphatic rings.